The molecule has 1 amide bonds. The number of rotatable bonds is 4. The molecule has 0 radical (unpaired) electrons. The average molecular weight is 343 g/mol. The van der Waals surface area contributed by atoms with Gasteiger partial charge in [-0.2, -0.15) is 0 Å². The van der Waals surface area contributed by atoms with Gasteiger partial charge in [0, 0.05) is 25.2 Å². The fraction of sp³-hybridized carbons (Fsp3) is 0.474. The number of carbonyl (C=O) groups excluding carboxylic acids is 1. The number of methoxy groups -OCH3 is 1. The van der Waals surface area contributed by atoms with Gasteiger partial charge in [-0.3, -0.25) is 9.69 Å². The van der Waals surface area contributed by atoms with Crippen molar-refractivity contribution in [2.24, 2.45) is 0 Å². The Bertz CT molecular complexity index is 797. The molecule has 0 bridgehead atoms. The normalized spacial score (nSPS) is 18.3. The molecule has 1 saturated heterocycles. The largest absolute Gasteiger partial charge is 0.496 e. The number of aromatic nitrogens is 1. The Morgan fingerprint density at radius 1 is 1.32 bits per heavy atom. The highest BCUT2D eigenvalue weighted by atomic mass is 16.5. The highest BCUT2D eigenvalue weighted by molar-refractivity contribution is 5.82. The summed E-state index contributed by atoms with van der Waals surface area (Å²) in [6.45, 7) is 10.0. The zero-order valence-electron chi connectivity index (χ0n) is 15.5. The fourth-order valence-electron chi connectivity index (χ4n) is 3.18. The fourth-order valence-corrected chi connectivity index (χ4v) is 3.18. The summed E-state index contributed by atoms with van der Waals surface area (Å²) < 4.78 is 11.3. The lowest BCUT2D eigenvalue weighted by molar-refractivity contribution is -0.128. The van der Waals surface area contributed by atoms with E-state index in [1.807, 2.05) is 39.8 Å². The third-order valence-electron chi connectivity index (χ3n) is 5.06. The summed E-state index contributed by atoms with van der Waals surface area (Å²) in [7, 11) is 1.67. The first-order valence-electron chi connectivity index (χ1n) is 8.55. The van der Waals surface area contributed by atoms with Crippen LogP contribution < -0.4 is 10.1 Å². The van der Waals surface area contributed by atoms with Crippen LogP contribution in [0.3, 0.4) is 0 Å². The molecule has 1 aromatic carbocycles. The van der Waals surface area contributed by atoms with Crippen molar-refractivity contribution < 1.29 is 13.9 Å². The number of nitrogens with zero attached hydrogens (tertiary/aromatic N) is 2. The van der Waals surface area contributed by atoms with Gasteiger partial charge in [0.2, 0.25) is 11.8 Å². The minimum atomic E-state index is -0.154. The van der Waals surface area contributed by atoms with E-state index in [1.165, 1.54) is 0 Å². The molecule has 25 heavy (non-hydrogen) atoms. The van der Waals surface area contributed by atoms with E-state index in [9.17, 15) is 4.79 Å². The lowest BCUT2D eigenvalue weighted by atomic mass is 10.0. The molecular formula is C19H25N3O3. The van der Waals surface area contributed by atoms with E-state index in [0.717, 1.165) is 40.4 Å². The first-order valence-corrected chi connectivity index (χ1v) is 8.55. The molecule has 0 aliphatic carbocycles. The standard InChI is InChI=1S/C19H25N3O3/c1-11-12(2)17(24-5)7-6-15(11)19-21-16(14(4)25-19)10-22-9-8-20-18(23)13(22)3/h6-7,13H,8-10H2,1-5H3,(H,20,23)/t13-/m1/s1. The molecule has 0 spiro atoms. The van der Waals surface area contributed by atoms with Crippen LogP contribution in [0.25, 0.3) is 11.5 Å². The molecule has 3 rings (SSSR count). The van der Waals surface area contributed by atoms with Crippen molar-refractivity contribution >= 4 is 5.91 Å². The molecule has 1 aliphatic heterocycles. The Kier molecular flexibility index (Phi) is 4.81. The minimum Gasteiger partial charge on any atom is -0.496 e. The van der Waals surface area contributed by atoms with Crippen molar-refractivity contribution in [1.82, 2.24) is 15.2 Å². The van der Waals surface area contributed by atoms with Gasteiger partial charge < -0.3 is 14.5 Å². The second-order valence-corrected chi connectivity index (χ2v) is 6.52. The predicted octanol–water partition coefficient (Wildman–Crippen LogP) is 2.60. The highest BCUT2D eigenvalue weighted by Gasteiger charge is 2.27. The quantitative estimate of drug-likeness (QED) is 0.924. The molecule has 0 saturated carbocycles. The van der Waals surface area contributed by atoms with Crippen molar-refractivity contribution in [3.63, 3.8) is 0 Å². The summed E-state index contributed by atoms with van der Waals surface area (Å²) in [5, 5.41) is 2.88. The van der Waals surface area contributed by atoms with Gasteiger partial charge in [0.05, 0.1) is 18.8 Å². The van der Waals surface area contributed by atoms with Gasteiger partial charge >= 0.3 is 0 Å². The van der Waals surface area contributed by atoms with Gasteiger partial charge in [-0.05, 0) is 51.0 Å². The number of aryl methyl sites for hydroxylation is 1. The maximum Gasteiger partial charge on any atom is 0.237 e. The lowest BCUT2D eigenvalue weighted by Gasteiger charge is -2.32. The Hall–Kier alpha value is -2.34. The Morgan fingerprint density at radius 2 is 2.08 bits per heavy atom. The summed E-state index contributed by atoms with van der Waals surface area (Å²) in [6.07, 6.45) is 0. The van der Waals surface area contributed by atoms with E-state index in [4.69, 9.17) is 14.1 Å². The number of carbonyl (C=O) groups is 1. The number of piperazine rings is 1. The van der Waals surface area contributed by atoms with Crippen molar-refractivity contribution in [1.29, 1.82) is 0 Å². The van der Waals surface area contributed by atoms with Crippen molar-refractivity contribution in [3.8, 4) is 17.2 Å². The SMILES string of the molecule is COc1ccc(-c2nc(CN3CCNC(=O)[C@H]3C)c(C)o2)c(C)c1C. The molecule has 2 aromatic rings. The monoisotopic (exact) mass is 343 g/mol. The molecule has 134 valence electrons. The minimum absolute atomic E-state index is 0.0641. The smallest absolute Gasteiger partial charge is 0.237 e. The number of hydrogen-bond acceptors (Lipinski definition) is 5. The number of benzene rings is 1. The first-order chi connectivity index (χ1) is 11.9. The van der Waals surface area contributed by atoms with Gasteiger partial charge in [0.1, 0.15) is 11.5 Å². The third-order valence-corrected chi connectivity index (χ3v) is 5.06. The van der Waals surface area contributed by atoms with E-state index >= 15 is 0 Å². The van der Waals surface area contributed by atoms with E-state index in [2.05, 4.69) is 10.2 Å². The Balaban J connectivity index is 1.88. The summed E-state index contributed by atoms with van der Waals surface area (Å²) >= 11 is 0. The Morgan fingerprint density at radius 3 is 2.80 bits per heavy atom. The highest BCUT2D eigenvalue weighted by Crippen LogP contribution is 2.31. The molecule has 1 aromatic heterocycles. The first kappa shape index (κ1) is 17.5. The molecule has 1 N–H and O–H groups in total. The van der Waals surface area contributed by atoms with Gasteiger partial charge in [0.25, 0.3) is 0 Å². The molecule has 6 nitrogen and oxygen atoms in total. The number of amides is 1. The van der Waals surface area contributed by atoms with Crippen molar-refractivity contribution in [2.45, 2.75) is 40.3 Å². The van der Waals surface area contributed by atoms with Gasteiger partial charge in [0.15, 0.2) is 0 Å². The van der Waals surface area contributed by atoms with Crippen LogP contribution in [0, 0.1) is 20.8 Å². The number of ether oxygens (including phenoxy) is 1. The van der Waals surface area contributed by atoms with Crippen LogP contribution in [0.2, 0.25) is 0 Å². The Labute approximate surface area is 148 Å². The maximum atomic E-state index is 11.8. The van der Waals surface area contributed by atoms with Crippen LogP contribution in [0.4, 0.5) is 0 Å². The molecule has 1 atom stereocenters. The molecule has 2 heterocycles. The maximum absolute atomic E-state index is 11.8. The summed E-state index contributed by atoms with van der Waals surface area (Å²) in [5.41, 5.74) is 4.03. The van der Waals surface area contributed by atoms with Crippen LogP contribution in [0.15, 0.2) is 16.5 Å². The van der Waals surface area contributed by atoms with Gasteiger partial charge in [-0.1, -0.05) is 0 Å². The predicted molar refractivity (Wildman–Crippen MR) is 95.6 cm³/mol. The van der Waals surface area contributed by atoms with Crippen molar-refractivity contribution in [2.75, 3.05) is 20.2 Å². The zero-order valence-corrected chi connectivity index (χ0v) is 15.5. The number of oxazole rings is 1. The second-order valence-electron chi connectivity index (χ2n) is 6.52. The summed E-state index contributed by atoms with van der Waals surface area (Å²) in [5.74, 6) is 2.33. The lowest BCUT2D eigenvalue weighted by Crippen LogP contribution is -2.53. The van der Waals surface area contributed by atoms with Crippen LogP contribution in [0.5, 0.6) is 5.75 Å². The van der Waals surface area contributed by atoms with Crippen molar-refractivity contribution in [3.05, 3.63) is 34.7 Å². The summed E-state index contributed by atoms with van der Waals surface area (Å²) in [6, 6.07) is 3.76. The molecule has 6 heteroatoms. The molecule has 1 fully saturated rings. The average Bonchev–Trinajstić information content (AvgIpc) is 2.95. The van der Waals surface area contributed by atoms with Crippen LogP contribution >= 0.6 is 0 Å². The molecular weight excluding hydrogens is 318 g/mol. The summed E-state index contributed by atoms with van der Waals surface area (Å²) in [4.78, 5) is 18.7. The van der Waals surface area contributed by atoms with Crippen LogP contribution in [-0.4, -0.2) is 42.0 Å². The third kappa shape index (κ3) is 3.26. The second kappa shape index (κ2) is 6.88. The van der Waals surface area contributed by atoms with Crippen LogP contribution in [-0.2, 0) is 11.3 Å². The zero-order chi connectivity index (χ0) is 18.1. The molecule has 0 unspecified atom stereocenters. The van der Waals surface area contributed by atoms with E-state index in [0.29, 0.717) is 19.0 Å². The molecule has 1 aliphatic rings. The number of nitrogens with one attached hydrogen (secondary N) is 1. The van der Waals surface area contributed by atoms with E-state index in [-0.39, 0.29) is 11.9 Å². The topological polar surface area (TPSA) is 67.6 Å². The number of hydrogen-bond donors (Lipinski definition) is 1. The van der Waals surface area contributed by atoms with E-state index in [1.54, 1.807) is 7.11 Å². The van der Waals surface area contributed by atoms with Crippen LogP contribution in [0.1, 0.15) is 29.5 Å². The van der Waals surface area contributed by atoms with Gasteiger partial charge in [-0.25, -0.2) is 4.98 Å². The van der Waals surface area contributed by atoms with Gasteiger partial charge in [-0.15, -0.1) is 0 Å². The van der Waals surface area contributed by atoms with E-state index < -0.39 is 0 Å².